The van der Waals surface area contributed by atoms with Crippen LogP contribution in [0.3, 0.4) is 0 Å². The molecule has 0 N–H and O–H groups in total. The Balaban J connectivity index is 2.15. The largest absolute Gasteiger partial charge is 0.429 e. The number of halogens is 6. The summed E-state index contributed by atoms with van der Waals surface area (Å²) in [5.41, 5.74) is -5.28. The van der Waals surface area contributed by atoms with Crippen LogP contribution in [0.2, 0.25) is 0 Å². The normalized spacial score (nSPS) is 17.7. The van der Waals surface area contributed by atoms with Gasteiger partial charge in [0.25, 0.3) is 13.9 Å². The first-order valence-electron chi connectivity index (χ1n) is 8.69. The number of fused-ring (bicyclic) bond motifs is 1. The Morgan fingerprint density at radius 2 is 1.00 bits per heavy atom. The van der Waals surface area contributed by atoms with Crippen LogP contribution >= 0.6 is 0 Å². The monoisotopic (exact) mass is 424 g/mol. The fraction of sp³-hybridized carbons (Fsp3) is 0.143. The number of rotatable bonds is 2. The molecule has 0 spiro atoms. The van der Waals surface area contributed by atoms with Crippen LogP contribution < -0.4 is 15.6 Å². The minimum Gasteiger partial charge on any atom is -0.379 e. The second-order valence-electron chi connectivity index (χ2n) is 6.74. The second kappa shape index (κ2) is 6.46. The van der Waals surface area contributed by atoms with Crippen LogP contribution in [0.15, 0.2) is 84.9 Å². The minimum absolute atomic E-state index is 0.0490. The van der Waals surface area contributed by atoms with Crippen molar-refractivity contribution in [2.24, 2.45) is 0 Å². The van der Waals surface area contributed by atoms with Crippen LogP contribution in [0.4, 0.5) is 26.3 Å². The highest BCUT2D eigenvalue weighted by atomic mass is 28.4. The minimum atomic E-state index is -5.69. The molecule has 1 nitrogen and oxygen atoms in total. The number of alkyl halides is 6. The molecule has 0 aliphatic carbocycles. The van der Waals surface area contributed by atoms with Gasteiger partial charge in [0.2, 0.25) is 0 Å². The summed E-state index contributed by atoms with van der Waals surface area (Å²) in [5, 5.41) is 0.579. The lowest BCUT2D eigenvalue weighted by atomic mass is 9.92. The third-order valence-corrected chi connectivity index (χ3v) is 9.25. The molecular weight excluding hydrogens is 410 g/mol. The summed E-state index contributed by atoms with van der Waals surface area (Å²) >= 11 is 0. The highest BCUT2D eigenvalue weighted by Crippen LogP contribution is 2.56. The van der Waals surface area contributed by atoms with Gasteiger partial charge in [0.15, 0.2) is 0 Å². The van der Waals surface area contributed by atoms with E-state index in [1.165, 1.54) is 42.5 Å². The summed E-state index contributed by atoms with van der Waals surface area (Å²) in [6, 6.07) is 20.6. The quantitative estimate of drug-likeness (QED) is 0.446. The molecular formula is C21H14F6OSi. The maximum absolute atomic E-state index is 14.1. The van der Waals surface area contributed by atoms with Gasteiger partial charge in [-0.3, -0.25) is 0 Å². The van der Waals surface area contributed by atoms with Crippen LogP contribution in [-0.2, 0) is 10.0 Å². The average Bonchev–Trinajstić information content (AvgIpc) is 3.03. The van der Waals surface area contributed by atoms with Crippen molar-refractivity contribution in [3.63, 3.8) is 0 Å². The molecule has 1 heterocycles. The van der Waals surface area contributed by atoms with Gasteiger partial charge in [-0.15, -0.1) is 0 Å². The summed E-state index contributed by atoms with van der Waals surface area (Å²) in [5.74, 6) is 0. The third kappa shape index (κ3) is 2.66. The third-order valence-electron chi connectivity index (χ3n) is 5.15. The first-order valence-corrected chi connectivity index (χ1v) is 10.6. The lowest BCUT2D eigenvalue weighted by molar-refractivity contribution is -0.364. The molecule has 0 bridgehead atoms. The molecule has 8 heteroatoms. The molecule has 0 amide bonds. The van der Waals surface area contributed by atoms with Gasteiger partial charge in [-0.2, -0.15) is 26.3 Å². The Bertz CT molecular complexity index is 961. The Morgan fingerprint density at radius 3 is 1.45 bits per heavy atom. The maximum atomic E-state index is 14.1. The van der Waals surface area contributed by atoms with Crippen LogP contribution in [0.5, 0.6) is 0 Å². The van der Waals surface area contributed by atoms with Crippen molar-refractivity contribution in [1.29, 1.82) is 0 Å². The van der Waals surface area contributed by atoms with Crippen molar-refractivity contribution in [1.82, 2.24) is 0 Å². The molecule has 1 aliphatic heterocycles. The van der Waals surface area contributed by atoms with E-state index in [9.17, 15) is 26.3 Å². The van der Waals surface area contributed by atoms with E-state index in [0.29, 0.717) is 10.4 Å². The zero-order valence-corrected chi connectivity index (χ0v) is 15.8. The van der Waals surface area contributed by atoms with Crippen LogP contribution in [0.1, 0.15) is 5.56 Å². The Labute approximate surface area is 163 Å². The topological polar surface area (TPSA) is 9.23 Å². The molecule has 0 atom stereocenters. The highest BCUT2D eigenvalue weighted by Gasteiger charge is 2.79. The summed E-state index contributed by atoms with van der Waals surface area (Å²) in [7, 11) is -4.10. The molecule has 0 aromatic heterocycles. The van der Waals surface area contributed by atoms with Crippen LogP contribution in [0.25, 0.3) is 0 Å². The average molecular weight is 424 g/mol. The van der Waals surface area contributed by atoms with Crippen molar-refractivity contribution >= 4 is 23.9 Å². The summed E-state index contributed by atoms with van der Waals surface area (Å²) in [4.78, 5) is 0. The van der Waals surface area contributed by atoms with E-state index in [2.05, 4.69) is 0 Å². The Morgan fingerprint density at radius 1 is 0.586 bits per heavy atom. The van der Waals surface area contributed by atoms with E-state index in [1.54, 1.807) is 36.4 Å². The molecule has 1 aliphatic rings. The molecule has 150 valence electrons. The number of benzene rings is 3. The lowest BCUT2D eigenvalue weighted by Gasteiger charge is -2.37. The molecule has 29 heavy (non-hydrogen) atoms. The molecule has 4 rings (SSSR count). The fourth-order valence-corrected chi connectivity index (χ4v) is 8.35. The Hall–Kier alpha value is -2.58. The van der Waals surface area contributed by atoms with Gasteiger partial charge in [-0.05, 0) is 15.6 Å². The van der Waals surface area contributed by atoms with E-state index in [-0.39, 0.29) is 5.19 Å². The Kier molecular flexibility index (Phi) is 4.40. The first-order chi connectivity index (χ1) is 13.6. The summed E-state index contributed by atoms with van der Waals surface area (Å²) in [6.45, 7) is 0. The highest BCUT2D eigenvalue weighted by molar-refractivity contribution is 7.08. The van der Waals surface area contributed by atoms with Gasteiger partial charge >= 0.3 is 12.4 Å². The molecule has 3 aromatic carbocycles. The molecule has 0 saturated heterocycles. The molecule has 3 aromatic rings. The number of hydrogen-bond acceptors (Lipinski definition) is 1. The SMILES string of the molecule is FC(F)(F)C1(C(F)(F)F)O[Si](c2ccccc2)(c2ccccc2)c2ccccc21. The van der Waals surface area contributed by atoms with E-state index < -0.39 is 31.8 Å². The van der Waals surface area contributed by atoms with Gasteiger partial charge in [0, 0.05) is 5.56 Å². The van der Waals surface area contributed by atoms with E-state index >= 15 is 0 Å². The molecule has 0 unspecified atom stereocenters. The first kappa shape index (κ1) is 19.7. The van der Waals surface area contributed by atoms with Crippen molar-refractivity contribution in [2.45, 2.75) is 18.0 Å². The fourth-order valence-electron chi connectivity index (χ4n) is 3.96. The molecule has 0 radical (unpaired) electrons. The van der Waals surface area contributed by atoms with Crippen molar-refractivity contribution in [2.75, 3.05) is 0 Å². The van der Waals surface area contributed by atoms with Gasteiger partial charge < -0.3 is 4.43 Å². The lowest BCUT2D eigenvalue weighted by Crippen LogP contribution is -2.69. The predicted octanol–water partition coefficient (Wildman–Crippen LogP) is 4.00. The van der Waals surface area contributed by atoms with Crippen LogP contribution in [0, 0.1) is 0 Å². The zero-order chi connectivity index (χ0) is 20.9. The molecule has 0 saturated carbocycles. The van der Waals surface area contributed by atoms with E-state index in [1.807, 2.05) is 0 Å². The zero-order valence-electron chi connectivity index (χ0n) is 14.8. The number of hydrogen-bond donors (Lipinski definition) is 0. The van der Waals surface area contributed by atoms with Gasteiger partial charge in [-0.1, -0.05) is 84.9 Å². The standard InChI is InChI=1S/C21H14F6OSi/c22-20(23,24)19(21(25,26)27)17-13-7-8-14-18(17)29(28-19,15-9-3-1-4-10-15)16-11-5-2-6-12-16/h1-14H. The predicted molar refractivity (Wildman–Crippen MR) is 98.9 cm³/mol. The van der Waals surface area contributed by atoms with Crippen molar-refractivity contribution < 1.29 is 30.8 Å². The maximum Gasteiger partial charge on any atom is 0.429 e. The smallest absolute Gasteiger partial charge is 0.379 e. The van der Waals surface area contributed by atoms with Gasteiger partial charge in [0.05, 0.1) is 0 Å². The second-order valence-corrected chi connectivity index (χ2v) is 10.00. The van der Waals surface area contributed by atoms with Gasteiger partial charge in [-0.25, -0.2) is 0 Å². The summed E-state index contributed by atoms with van der Waals surface area (Å²) < 4.78 is 90.3. The van der Waals surface area contributed by atoms with Gasteiger partial charge in [0.1, 0.15) is 0 Å². The van der Waals surface area contributed by atoms with E-state index in [4.69, 9.17) is 4.43 Å². The van der Waals surface area contributed by atoms with Crippen molar-refractivity contribution in [3.05, 3.63) is 90.5 Å². The summed E-state index contributed by atoms with van der Waals surface area (Å²) in [6.07, 6.45) is -11.4. The molecule has 0 fully saturated rings. The van der Waals surface area contributed by atoms with E-state index in [0.717, 1.165) is 6.07 Å². The van der Waals surface area contributed by atoms with Crippen LogP contribution in [-0.4, -0.2) is 20.7 Å². The van der Waals surface area contributed by atoms with Crippen molar-refractivity contribution in [3.8, 4) is 0 Å².